The van der Waals surface area contributed by atoms with Crippen molar-refractivity contribution in [2.75, 3.05) is 21.3 Å². The summed E-state index contributed by atoms with van der Waals surface area (Å²) in [4.78, 5) is 25.3. The molecule has 1 amide bonds. The molecule has 2 aromatic rings. The van der Waals surface area contributed by atoms with Gasteiger partial charge in [-0.2, -0.15) is 0 Å². The van der Waals surface area contributed by atoms with Crippen molar-refractivity contribution in [2.45, 2.75) is 50.6 Å². The van der Waals surface area contributed by atoms with Crippen molar-refractivity contribution >= 4 is 21.9 Å². The van der Waals surface area contributed by atoms with Gasteiger partial charge in [0, 0.05) is 11.1 Å². The molecular weight excluding hydrogens is 460 g/mol. The van der Waals surface area contributed by atoms with E-state index in [0.717, 1.165) is 0 Å². The fraction of sp³-hybridized carbons (Fsp3) is 0.417. The molecule has 0 aliphatic heterocycles. The number of nitrogens with one attached hydrogen (secondary N) is 2. The predicted octanol–water partition coefficient (Wildman–Crippen LogP) is 3.12. The van der Waals surface area contributed by atoms with Crippen LogP contribution in [0.5, 0.6) is 11.5 Å². The lowest BCUT2D eigenvalue weighted by molar-refractivity contribution is -0.141. The van der Waals surface area contributed by atoms with Gasteiger partial charge < -0.3 is 19.5 Å². The topological polar surface area (TPSA) is 120 Å². The van der Waals surface area contributed by atoms with Crippen molar-refractivity contribution < 1.29 is 32.2 Å². The van der Waals surface area contributed by atoms with Gasteiger partial charge in [0.25, 0.3) is 5.91 Å². The second kappa shape index (κ2) is 10.9. The zero-order valence-corrected chi connectivity index (χ0v) is 21.3. The van der Waals surface area contributed by atoms with Crippen LogP contribution >= 0.6 is 0 Å². The Morgan fingerprint density at radius 2 is 1.62 bits per heavy atom. The van der Waals surface area contributed by atoms with E-state index >= 15 is 0 Å². The number of esters is 1. The van der Waals surface area contributed by atoms with Crippen LogP contribution in [-0.4, -0.2) is 47.2 Å². The second-order valence-corrected chi connectivity index (χ2v) is 10.4. The predicted molar refractivity (Wildman–Crippen MR) is 128 cm³/mol. The van der Waals surface area contributed by atoms with Gasteiger partial charge in [0.05, 0.1) is 38.7 Å². The molecule has 0 bridgehead atoms. The number of methoxy groups -OCH3 is 3. The van der Waals surface area contributed by atoms with Gasteiger partial charge in [-0.15, -0.1) is 0 Å². The molecule has 34 heavy (non-hydrogen) atoms. The summed E-state index contributed by atoms with van der Waals surface area (Å²) >= 11 is 0. The first-order valence-electron chi connectivity index (χ1n) is 10.6. The Balaban J connectivity index is 2.43. The Labute approximate surface area is 200 Å². The number of benzene rings is 2. The maximum absolute atomic E-state index is 13.2. The molecule has 9 nitrogen and oxygen atoms in total. The first-order chi connectivity index (χ1) is 15.8. The lowest BCUT2D eigenvalue weighted by Crippen LogP contribution is -2.40. The quantitative estimate of drug-likeness (QED) is 0.516. The van der Waals surface area contributed by atoms with Gasteiger partial charge in [-0.1, -0.05) is 12.1 Å². The highest BCUT2D eigenvalue weighted by atomic mass is 32.2. The van der Waals surface area contributed by atoms with Crippen LogP contribution in [0.4, 0.5) is 0 Å². The van der Waals surface area contributed by atoms with E-state index in [1.165, 1.54) is 33.5 Å². The van der Waals surface area contributed by atoms with E-state index in [9.17, 15) is 18.0 Å². The highest BCUT2D eigenvalue weighted by Gasteiger charge is 2.25. The third kappa shape index (κ3) is 6.94. The number of amides is 1. The van der Waals surface area contributed by atoms with Crippen LogP contribution in [-0.2, 0) is 19.6 Å². The third-order valence-electron chi connectivity index (χ3n) is 4.92. The number of rotatable bonds is 9. The Morgan fingerprint density at radius 3 is 2.18 bits per heavy atom. The molecule has 0 heterocycles. The van der Waals surface area contributed by atoms with Crippen LogP contribution in [0.3, 0.4) is 0 Å². The summed E-state index contributed by atoms with van der Waals surface area (Å²) in [6.07, 6.45) is -0.139. The largest absolute Gasteiger partial charge is 0.493 e. The molecule has 0 aliphatic rings. The first kappa shape index (κ1) is 27.1. The summed E-state index contributed by atoms with van der Waals surface area (Å²) in [5.41, 5.74) is 0.654. The summed E-state index contributed by atoms with van der Waals surface area (Å²) < 4.78 is 43.5. The lowest BCUT2D eigenvalue weighted by atomic mass is 10.0. The molecule has 0 spiro atoms. The molecule has 0 radical (unpaired) electrons. The molecule has 1 atom stereocenters. The maximum atomic E-state index is 13.2. The molecular formula is C24H32N2O7S. The molecule has 0 saturated carbocycles. The van der Waals surface area contributed by atoms with Gasteiger partial charge in [0.1, 0.15) is 0 Å². The minimum absolute atomic E-state index is 0.0335. The molecule has 2 rings (SSSR count). The summed E-state index contributed by atoms with van der Waals surface area (Å²) in [7, 11) is 0.401. The SMILES string of the molecule is COC(=O)CC(NC(=O)c1cc(S(=O)(=O)NC(C)(C)C)ccc1C)c1ccc(OC)c(OC)c1. The normalized spacial score (nSPS) is 12.6. The number of aryl methyl sites for hydroxylation is 1. The Morgan fingerprint density at radius 1 is 0.971 bits per heavy atom. The molecule has 0 saturated heterocycles. The standard InChI is InChI=1S/C24H32N2O7S/c1-15-8-10-17(34(29,30)26-24(2,3)4)13-18(15)23(28)25-19(14-22(27)33-7)16-9-11-20(31-5)21(12-16)32-6/h8-13,19,26H,14H2,1-7H3,(H,25,28). The van der Waals surface area contributed by atoms with Crippen molar-refractivity contribution in [1.82, 2.24) is 10.0 Å². The van der Waals surface area contributed by atoms with E-state index in [1.807, 2.05) is 0 Å². The van der Waals surface area contributed by atoms with Crippen LogP contribution in [0.15, 0.2) is 41.3 Å². The maximum Gasteiger partial charge on any atom is 0.307 e. The van der Waals surface area contributed by atoms with E-state index in [2.05, 4.69) is 10.0 Å². The Hall–Kier alpha value is -3.11. The van der Waals surface area contributed by atoms with Crippen LogP contribution in [0, 0.1) is 6.92 Å². The van der Waals surface area contributed by atoms with E-state index in [-0.39, 0.29) is 16.9 Å². The minimum Gasteiger partial charge on any atom is -0.493 e. The third-order valence-corrected chi connectivity index (χ3v) is 6.67. The van der Waals surface area contributed by atoms with Crippen LogP contribution in [0.2, 0.25) is 0 Å². The molecule has 2 aromatic carbocycles. The van der Waals surface area contributed by atoms with Crippen molar-refractivity contribution in [3.63, 3.8) is 0 Å². The van der Waals surface area contributed by atoms with Gasteiger partial charge in [-0.25, -0.2) is 13.1 Å². The number of hydrogen-bond donors (Lipinski definition) is 2. The van der Waals surface area contributed by atoms with Crippen LogP contribution in [0.1, 0.15) is 54.7 Å². The molecule has 0 aromatic heterocycles. The van der Waals surface area contributed by atoms with Gasteiger partial charge >= 0.3 is 5.97 Å². The average Bonchev–Trinajstić information content (AvgIpc) is 2.76. The summed E-state index contributed by atoms with van der Waals surface area (Å²) in [6, 6.07) is 8.61. The number of hydrogen-bond acceptors (Lipinski definition) is 7. The van der Waals surface area contributed by atoms with Gasteiger partial charge in [0.2, 0.25) is 10.0 Å². The summed E-state index contributed by atoms with van der Waals surface area (Å²) in [5, 5.41) is 2.82. The van der Waals surface area contributed by atoms with Crippen molar-refractivity contribution in [2.24, 2.45) is 0 Å². The van der Waals surface area contributed by atoms with E-state index in [0.29, 0.717) is 22.6 Å². The van der Waals surface area contributed by atoms with E-state index in [1.54, 1.807) is 52.0 Å². The molecule has 186 valence electrons. The summed E-state index contributed by atoms with van der Waals surface area (Å²) in [6.45, 7) is 6.89. The van der Waals surface area contributed by atoms with Crippen molar-refractivity contribution in [3.8, 4) is 11.5 Å². The zero-order chi connectivity index (χ0) is 25.7. The fourth-order valence-corrected chi connectivity index (χ4v) is 4.73. The van der Waals surface area contributed by atoms with Gasteiger partial charge in [0.15, 0.2) is 11.5 Å². The molecule has 0 aliphatic carbocycles. The summed E-state index contributed by atoms with van der Waals surface area (Å²) in [5.74, 6) is -0.132. The Bertz CT molecular complexity index is 1150. The zero-order valence-electron chi connectivity index (χ0n) is 20.5. The van der Waals surface area contributed by atoms with Crippen LogP contribution in [0.25, 0.3) is 0 Å². The minimum atomic E-state index is -3.85. The number of carbonyl (C=O) groups excluding carboxylic acids is 2. The Kier molecular flexibility index (Phi) is 8.68. The number of carbonyl (C=O) groups is 2. The van der Waals surface area contributed by atoms with Crippen molar-refractivity contribution in [3.05, 3.63) is 53.1 Å². The molecule has 2 N–H and O–H groups in total. The van der Waals surface area contributed by atoms with E-state index < -0.39 is 33.5 Å². The first-order valence-corrected chi connectivity index (χ1v) is 12.0. The van der Waals surface area contributed by atoms with Crippen LogP contribution < -0.4 is 19.5 Å². The highest BCUT2D eigenvalue weighted by molar-refractivity contribution is 7.89. The molecule has 1 unspecified atom stereocenters. The average molecular weight is 493 g/mol. The van der Waals surface area contributed by atoms with Gasteiger partial charge in [-0.05, 0) is 63.1 Å². The fourth-order valence-electron chi connectivity index (χ4n) is 3.28. The monoisotopic (exact) mass is 492 g/mol. The number of ether oxygens (including phenoxy) is 3. The van der Waals surface area contributed by atoms with E-state index in [4.69, 9.17) is 14.2 Å². The molecule has 0 fully saturated rings. The molecule has 10 heteroatoms. The number of sulfonamides is 1. The highest BCUT2D eigenvalue weighted by Crippen LogP contribution is 2.31. The smallest absolute Gasteiger partial charge is 0.307 e. The second-order valence-electron chi connectivity index (χ2n) is 8.75. The van der Waals surface area contributed by atoms with Gasteiger partial charge in [-0.3, -0.25) is 9.59 Å². The lowest BCUT2D eigenvalue weighted by Gasteiger charge is -2.22. The van der Waals surface area contributed by atoms with Crippen molar-refractivity contribution in [1.29, 1.82) is 0 Å².